The fraction of sp³-hybridized carbons (Fsp3) is 0.333. The second kappa shape index (κ2) is 9.07. The van der Waals surface area contributed by atoms with Crippen LogP contribution in [0.25, 0.3) is 16.9 Å². The smallest absolute Gasteiger partial charge is 0.257 e. The highest BCUT2D eigenvalue weighted by Crippen LogP contribution is 2.27. The molecular weight excluding hydrogens is 443 g/mol. The quantitative estimate of drug-likeness (QED) is 0.572. The molecule has 1 amide bonds. The lowest BCUT2D eigenvalue weighted by Crippen LogP contribution is -2.47. The molecule has 33 heavy (non-hydrogen) atoms. The van der Waals surface area contributed by atoms with Crippen molar-refractivity contribution in [3.63, 3.8) is 0 Å². The zero-order chi connectivity index (χ0) is 23.8. The first-order chi connectivity index (χ1) is 15.6. The van der Waals surface area contributed by atoms with Gasteiger partial charge in [0.1, 0.15) is 11.5 Å². The van der Waals surface area contributed by atoms with Gasteiger partial charge in [-0.15, -0.1) is 0 Å². The summed E-state index contributed by atoms with van der Waals surface area (Å²) in [4.78, 5) is 15.3. The van der Waals surface area contributed by atoms with Gasteiger partial charge in [-0.1, -0.05) is 23.8 Å². The Morgan fingerprint density at radius 3 is 2.39 bits per heavy atom. The molecule has 9 heteroatoms. The van der Waals surface area contributed by atoms with E-state index in [1.807, 2.05) is 31.2 Å². The van der Waals surface area contributed by atoms with E-state index in [1.165, 1.54) is 22.7 Å². The number of carbonyl (C=O) groups is 1. The topological polar surface area (TPSA) is 75.5 Å². The molecule has 0 N–H and O–H groups in total. The Kier molecular flexibility index (Phi) is 6.36. The standard InChI is InChI=1S/C24H27FN4O3S/c1-17-5-4-6-18(15-17)23-22(16-29(26-23)21-9-7-19(25)8-10-21)24(30)28-13-11-20(12-14-28)27(2)33(3,31)32/h4-10,15-16,20H,11-14H2,1-3H3. The van der Waals surface area contributed by atoms with Crippen molar-refractivity contribution in [3.8, 4) is 16.9 Å². The van der Waals surface area contributed by atoms with E-state index >= 15 is 0 Å². The highest BCUT2D eigenvalue weighted by atomic mass is 32.2. The summed E-state index contributed by atoms with van der Waals surface area (Å²) in [5.41, 5.74) is 3.54. The predicted molar refractivity (Wildman–Crippen MR) is 125 cm³/mol. The van der Waals surface area contributed by atoms with E-state index in [4.69, 9.17) is 0 Å². The van der Waals surface area contributed by atoms with Crippen LogP contribution in [0.4, 0.5) is 4.39 Å². The number of hydrogen-bond acceptors (Lipinski definition) is 4. The molecule has 0 aliphatic carbocycles. The number of aryl methyl sites for hydroxylation is 1. The van der Waals surface area contributed by atoms with Crippen LogP contribution in [-0.4, -0.2) is 65.7 Å². The number of rotatable bonds is 5. The molecule has 174 valence electrons. The summed E-state index contributed by atoms with van der Waals surface area (Å²) in [6.07, 6.45) is 4.02. The maximum atomic E-state index is 13.5. The lowest BCUT2D eigenvalue weighted by atomic mass is 10.0. The first-order valence-electron chi connectivity index (χ1n) is 10.8. The Labute approximate surface area is 193 Å². The SMILES string of the molecule is Cc1cccc(-c2nn(-c3ccc(F)cc3)cc2C(=O)N2CCC(N(C)S(C)(=O)=O)CC2)c1. The van der Waals surface area contributed by atoms with Gasteiger partial charge in [0.05, 0.1) is 17.5 Å². The summed E-state index contributed by atoms with van der Waals surface area (Å²) in [7, 11) is -1.70. The van der Waals surface area contributed by atoms with Crippen molar-refractivity contribution in [1.29, 1.82) is 0 Å². The van der Waals surface area contributed by atoms with Crippen LogP contribution in [-0.2, 0) is 10.0 Å². The third kappa shape index (κ3) is 4.99. The molecule has 1 aromatic heterocycles. The highest BCUT2D eigenvalue weighted by molar-refractivity contribution is 7.88. The molecule has 2 aromatic carbocycles. The minimum atomic E-state index is -3.28. The van der Waals surface area contributed by atoms with Crippen molar-refractivity contribution in [2.24, 2.45) is 0 Å². The van der Waals surface area contributed by atoms with E-state index in [9.17, 15) is 17.6 Å². The van der Waals surface area contributed by atoms with E-state index in [2.05, 4.69) is 5.10 Å². The number of piperidine rings is 1. The molecule has 0 saturated carbocycles. The van der Waals surface area contributed by atoms with Crippen molar-refractivity contribution >= 4 is 15.9 Å². The van der Waals surface area contributed by atoms with Crippen molar-refractivity contribution in [1.82, 2.24) is 19.0 Å². The third-order valence-corrected chi connectivity index (χ3v) is 7.46. The monoisotopic (exact) mass is 470 g/mol. The summed E-state index contributed by atoms with van der Waals surface area (Å²) < 4.78 is 40.1. The normalized spacial score (nSPS) is 15.2. The molecule has 0 bridgehead atoms. The van der Waals surface area contributed by atoms with E-state index in [0.29, 0.717) is 42.9 Å². The average molecular weight is 471 g/mol. The van der Waals surface area contributed by atoms with E-state index in [0.717, 1.165) is 11.1 Å². The van der Waals surface area contributed by atoms with E-state index < -0.39 is 10.0 Å². The minimum Gasteiger partial charge on any atom is -0.338 e. The number of amides is 1. The number of nitrogens with zero attached hydrogens (tertiary/aromatic N) is 4. The second-order valence-corrected chi connectivity index (χ2v) is 10.5. The molecule has 0 atom stereocenters. The molecular formula is C24H27FN4O3S. The van der Waals surface area contributed by atoms with Gasteiger partial charge in [0.2, 0.25) is 10.0 Å². The first kappa shape index (κ1) is 23.1. The molecule has 0 radical (unpaired) electrons. The molecule has 1 aliphatic heterocycles. The van der Waals surface area contributed by atoms with Crippen molar-refractivity contribution in [2.75, 3.05) is 26.4 Å². The Bertz CT molecular complexity index is 1260. The number of hydrogen-bond donors (Lipinski definition) is 0. The minimum absolute atomic E-state index is 0.123. The van der Waals surface area contributed by atoms with Crippen LogP contribution < -0.4 is 0 Å². The van der Waals surface area contributed by atoms with E-state index in [1.54, 1.807) is 35.0 Å². The van der Waals surface area contributed by atoms with Crippen LogP contribution in [0, 0.1) is 12.7 Å². The summed E-state index contributed by atoms with van der Waals surface area (Å²) in [6, 6.07) is 13.6. The number of likely N-dealkylation sites (tertiary alicyclic amines) is 1. The summed E-state index contributed by atoms with van der Waals surface area (Å²) in [5.74, 6) is -0.497. The Morgan fingerprint density at radius 2 is 1.79 bits per heavy atom. The van der Waals surface area contributed by atoms with Gasteiger partial charge in [0.25, 0.3) is 5.91 Å². The van der Waals surface area contributed by atoms with Gasteiger partial charge >= 0.3 is 0 Å². The Balaban J connectivity index is 1.65. The van der Waals surface area contributed by atoms with Crippen molar-refractivity contribution in [2.45, 2.75) is 25.8 Å². The number of aromatic nitrogens is 2. The second-order valence-electron chi connectivity index (χ2n) is 8.48. The average Bonchev–Trinajstić information content (AvgIpc) is 3.23. The zero-order valence-electron chi connectivity index (χ0n) is 18.9. The molecule has 1 saturated heterocycles. The molecule has 3 aromatic rings. The largest absolute Gasteiger partial charge is 0.338 e. The Morgan fingerprint density at radius 1 is 1.12 bits per heavy atom. The molecule has 0 spiro atoms. The molecule has 0 unspecified atom stereocenters. The maximum absolute atomic E-state index is 13.5. The Hall–Kier alpha value is -3.04. The summed E-state index contributed by atoms with van der Waals surface area (Å²) >= 11 is 0. The third-order valence-electron chi connectivity index (χ3n) is 6.12. The van der Waals surface area contributed by atoms with Gasteiger partial charge in [-0.05, 0) is 50.1 Å². The predicted octanol–water partition coefficient (Wildman–Crippen LogP) is 3.48. The summed E-state index contributed by atoms with van der Waals surface area (Å²) in [6.45, 7) is 2.89. The van der Waals surface area contributed by atoms with Crippen LogP contribution in [0.15, 0.2) is 54.7 Å². The van der Waals surface area contributed by atoms with Gasteiger partial charge < -0.3 is 4.90 Å². The lowest BCUT2D eigenvalue weighted by Gasteiger charge is -2.35. The zero-order valence-corrected chi connectivity index (χ0v) is 19.7. The van der Waals surface area contributed by atoms with Crippen LogP contribution in [0.2, 0.25) is 0 Å². The number of carbonyl (C=O) groups excluding carboxylic acids is 1. The highest BCUT2D eigenvalue weighted by Gasteiger charge is 2.31. The van der Waals surface area contributed by atoms with E-state index in [-0.39, 0.29) is 17.8 Å². The fourth-order valence-corrected chi connectivity index (χ4v) is 4.89. The molecule has 1 aliphatic rings. The van der Waals surface area contributed by atoms with Gasteiger partial charge in [-0.2, -0.15) is 5.10 Å². The lowest BCUT2D eigenvalue weighted by molar-refractivity contribution is 0.0687. The van der Waals surface area contributed by atoms with Crippen LogP contribution in [0.5, 0.6) is 0 Å². The van der Waals surface area contributed by atoms with Crippen molar-refractivity contribution in [3.05, 3.63) is 71.7 Å². The van der Waals surface area contributed by atoms with Gasteiger partial charge in [0, 0.05) is 37.9 Å². The van der Waals surface area contributed by atoms with Crippen molar-refractivity contribution < 1.29 is 17.6 Å². The maximum Gasteiger partial charge on any atom is 0.257 e. The van der Waals surface area contributed by atoms with Crippen LogP contribution in [0.3, 0.4) is 0 Å². The first-order valence-corrected chi connectivity index (χ1v) is 12.6. The summed E-state index contributed by atoms with van der Waals surface area (Å²) in [5, 5.41) is 4.67. The van der Waals surface area contributed by atoms with Crippen LogP contribution >= 0.6 is 0 Å². The number of halogens is 1. The molecule has 2 heterocycles. The number of sulfonamides is 1. The van der Waals surface area contributed by atoms with Gasteiger partial charge in [0.15, 0.2) is 0 Å². The number of benzene rings is 2. The molecule has 1 fully saturated rings. The fourth-order valence-electron chi connectivity index (χ4n) is 4.14. The molecule has 4 rings (SSSR count). The van der Waals surface area contributed by atoms with Gasteiger partial charge in [-0.3, -0.25) is 4.79 Å². The molecule has 7 nitrogen and oxygen atoms in total. The van der Waals surface area contributed by atoms with Gasteiger partial charge in [-0.25, -0.2) is 21.8 Å². The van der Waals surface area contributed by atoms with Crippen LogP contribution in [0.1, 0.15) is 28.8 Å².